The van der Waals surface area contributed by atoms with Gasteiger partial charge in [-0.3, -0.25) is 4.79 Å². The number of carboxylic acids is 1. The molecule has 0 aromatic heterocycles. The first kappa shape index (κ1) is 15.8. The maximum Gasteiger partial charge on any atom is 0.224 e. The number of hydrogen-bond donors (Lipinski definition) is 1. The van der Waals surface area contributed by atoms with Crippen LogP contribution in [-0.4, -0.2) is 19.0 Å². The number of fused-ring (bicyclic) bond motifs is 2. The van der Waals surface area contributed by atoms with Crippen molar-refractivity contribution in [1.82, 2.24) is 5.32 Å². The number of hydrogen-bond acceptors (Lipinski definition) is 4. The van der Waals surface area contributed by atoms with E-state index in [2.05, 4.69) is 5.32 Å². The molecular weight excluding hydrogens is 294 g/mol. The van der Waals surface area contributed by atoms with Gasteiger partial charge in [0.2, 0.25) is 5.91 Å². The maximum absolute atomic E-state index is 12.6. The molecule has 0 aliphatic heterocycles. The van der Waals surface area contributed by atoms with Crippen molar-refractivity contribution in [2.45, 2.75) is 32.2 Å². The third kappa shape index (κ3) is 2.92. The summed E-state index contributed by atoms with van der Waals surface area (Å²) in [7, 11) is 1.61. The fourth-order valence-electron chi connectivity index (χ4n) is 4.29. The van der Waals surface area contributed by atoms with Gasteiger partial charge in [-0.15, -0.1) is 0 Å². The lowest BCUT2D eigenvalue weighted by Gasteiger charge is -2.31. The van der Waals surface area contributed by atoms with E-state index in [-0.39, 0.29) is 23.8 Å². The van der Waals surface area contributed by atoms with Crippen molar-refractivity contribution in [3.8, 4) is 5.75 Å². The second-order valence-corrected chi connectivity index (χ2v) is 6.71. The standard InChI is InChI=1S/C18H23NO4/c1-10(11-5-7-14(23-2)8-6-11)19-17(20)15-12-3-4-13(9-12)16(15)18(21)22/h5-8,10,12-13,15-16H,3-4,9H2,1-2H3,(H,19,20)(H,21,22)/p-1/t10-,12+,13-,15-,16-/m0/s1. The largest absolute Gasteiger partial charge is 0.550 e. The molecule has 0 unspecified atom stereocenters. The predicted molar refractivity (Wildman–Crippen MR) is 82.4 cm³/mol. The summed E-state index contributed by atoms with van der Waals surface area (Å²) in [4.78, 5) is 24.1. The number of benzene rings is 1. The van der Waals surface area contributed by atoms with Crippen LogP contribution < -0.4 is 15.2 Å². The predicted octanol–water partition coefficient (Wildman–Crippen LogP) is 1.28. The minimum absolute atomic E-state index is 0.108. The fourth-order valence-corrected chi connectivity index (χ4v) is 4.29. The third-order valence-corrected chi connectivity index (χ3v) is 5.47. The Kier molecular flexibility index (Phi) is 4.28. The highest BCUT2D eigenvalue weighted by atomic mass is 16.5. The van der Waals surface area contributed by atoms with Crippen molar-refractivity contribution < 1.29 is 19.4 Å². The van der Waals surface area contributed by atoms with Crippen LogP contribution in [0.15, 0.2) is 24.3 Å². The maximum atomic E-state index is 12.6. The summed E-state index contributed by atoms with van der Waals surface area (Å²) in [5.74, 6) is -1.25. The summed E-state index contributed by atoms with van der Waals surface area (Å²) in [5.41, 5.74) is 0.965. The van der Waals surface area contributed by atoms with E-state index in [1.807, 2.05) is 31.2 Å². The Bertz CT molecular complexity index is 598. The zero-order valence-corrected chi connectivity index (χ0v) is 13.5. The molecule has 23 heavy (non-hydrogen) atoms. The highest BCUT2D eigenvalue weighted by Gasteiger charge is 2.51. The SMILES string of the molecule is COc1ccc([C@H](C)NC(=O)[C@H]2[C@@H]3CC[C@@H](C3)[C@@H]2C(=O)[O-])cc1. The summed E-state index contributed by atoms with van der Waals surface area (Å²) in [6, 6.07) is 7.33. The van der Waals surface area contributed by atoms with Crippen molar-refractivity contribution in [2.24, 2.45) is 23.7 Å². The van der Waals surface area contributed by atoms with Crippen LogP contribution >= 0.6 is 0 Å². The lowest BCUT2D eigenvalue weighted by atomic mass is 9.78. The molecule has 2 bridgehead atoms. The van der Waals surface area contributed by atoms with Crippen molar-refractivity contribution in [1.29, 1.82) is 0 Å². The lowest BCUT2D eigenvalue weighted by molar-refractivity contribution is -0.314. The Morgan fingerprint density at radius 3 is 2.35 bits per heavy atom. The highest BCUT2D eigenvalue weighted by Crippen LogP contribution is 2.52. The number of carbonyl (C=O) groups excluding carboxylic acids is 2. The monoisotopic (exact) mass is 316 g/mol. The third-order valence-electron chi connectivity index (χ3n) is 5.47. The van der Waals surface area contributed by atoms with Gasteiger partial charge in [-0.05, 0) is 55.7 Å². The average Bonchev–Trinajstić information content (AvgIpc) is 3.15. The second kappa shape index (κ2) is 6.22. The molecule has 3 rings (SSSR count). The quantitative estimate of drug-likeness (QED) is 0.888. The van der Waals surface area contributed by atoms with Gasteiger partial charge in [0.25, 0.3) is 0 Å². The van der Waals surface area contributed by atoms with Crippen molar-refractivity contribution in [3.63, 3.8) is 0 Å². The van der Waals surface area contributed by atoms with Gasteiger partial charge < -0.3 is 20.0 Å². The first-order chi connectivity index (χ1) is 11.0. The topological polar surface area (TPSA) is 78.5 Å². The zero-order chi connectivity index (χ0) is 16.6. The summed E-state index contributed by atoms with van der Waals surface area (Å²) in [5, 5.41) is 14.4. The Morgan fingerprint density at radius 1 is 1.17 bits per heavy atom. The van der Waals surface area contributed by atoms with E-state index >= 15 is 0 Å². The number of ether oxygens (including phenoxy) is 1. The number of aliphatic carboxylic acids is 1. The van der Waals surface area contributed by atoms with Gasteiger partial charge in [0.05, 0.1) is 13.2 Å². The lowest BCUT2D eigenvalue weighted by Crippen LogP contribution is -2.46. The molecule has 124 valence electrons. The second-order valence-electron chi connectivity index (χ2n) is 6.71. The normalized spacial score (nSPS) is 30.0. The Morgan fingerprint density at radius 2 is 1.78 bits per heavy atom. The van der Waals surface area contributed by atoms with E-state index in [1.54, 1.807) is 7.11 Å². The zero-order valence-electron chi connectivity index (χ0n) is 13.5. The number of rotatable bonds is 5. The van der Waals surface area contributed by atoms with Crippen LogP contribution in [0.2, 0.25) is 0 Å². The van der Waals surface area contributed by atoms with Crippen LogP contribution in [0, 0.1) is 23.7 Å². The molecule has 2 fully saturated rings. The molecule has 0 spiro atoms. The van der Waals surface area contributed by atoms with Gasteiger partial charge in [0.15, 0.2) is 0 Å². The van der Waals surface area contributed by atoms with Crippen LogP contribution in [0.4, 0.5) is 0 Å². The summed E-state index contributed by atoms with van der Waals surface area (Å²) in [6.45, 7) is 1.90. The molecule has 2 aliphatic carbocycles. The van der Waals surface area contributed by atoms with E-state index < -0.39 is 17.8 Å². The highest BCUT2D eigenvalue weighted by molar-refractivity contribution is 5.85. The van der Waals surface area contributed by atoms with E-state index in [0.717, 1.165) is 30.6 Å². The molecular formula is C18H22NO4-. The van der Waals surface area contributed by atoms with Gasteiger partial charge in [0.1, 0.15) is 5.75 Å². The summed E-state index contributed by atoms with van der Waals surface area (Å²) in [6.07, 6.45) is 2.69. The number of nitrogens with one attached hydrogen (secondary N) is 1. The molecule has 2 saturated carbocycles. The van der Waals surface area contributed by atoms with Gasteiger partial charge in [-0.25, -0.2) is 0 Å². The van der Waals surface area contributed by atoms with Gasteiger partial charge in [-0.2, -0.15) is 0 Å². The van der Waals surface area contributed by atoms with Gasteiger partial charge in [0, 0.05) is 17.8 Å². The first-order valence-electron chi connectivity index (χ1n) is 8.16. The minimum Gasteiger partial charge on any atom is -0.550 e. The van der Waals surface area contributed by atoms with Crippen LogP contribution in [0.3, 0.4) is 0 Å². The van der Waals surface area contributed by atoms with E-state index in [0.29, 0.717) is 0 Å². The number of carbonyl (C=O) groups is 2. The molecule has 5 atom stereocenters. The van der Waals surface area contributed by atoms with Gasteiger partial charge >= 0.3 is 0 Å². The number of carboxylic acid groups (broad SMARTS) is 1. The summed E-state index contributed by atoms with van der Waals surface area (Å²) >= 11 is 0. The fraction of sp³-hybridized carbons (Fsp3) is 0.556. The molecule has 0 radical (unpaired) electrons. The van der Waals surface area contributed by atoms with E-state index in [1.165, 1.54) is 0 Å². The molecule has 0 saturated heterocycles. The van der Waals surface area contributed by atoms with Crippen molar-refractivity contribution >= 4 is 11.9 Å². The Labute approximate surface area is 136 Å². The Balaban J connectivity index is 1.69. The van der Waals surface area contributed by atoms with Crippen LogP contribution in [0.5, 0.6) is 5.75 Å². The molecule has 1 amide bonds. The average molecular weight is 316 g/mol. The van der Waals surface area contributed by atoms with Gasteiger partial charge in [-0.1, -0.05) is 12.1 Å². The molecule has 5 heteroatoms. The van der Waals surface area contributed by atoms with Crippen LogP contribution in [-0.2, 0) is 9.59 Å². The molecule has 1 aromatic carbocycles. The molecule has 0 heterocycles. The van der Waals surface area contributed by atoms with Crippen molar-refractivity contribution in [3.05, 3.63) is 29.8 Å². The van der Waals surface area contributed by atoms with E-state index in [4.69, 9.17) is 4.74 Å². The first-order valence-corrected chi connectivity index (χ1v) is 8.16. The van der Waals surface area contributed by atoms with Crippen LogP contribution in [0.1, 0.15) is 37.8 Å². The molecule has 2 aliphatic rings. The van der Waals surface area contributed by atoms with E-state index in [9.17, 15) is 14.7 Å². The smallest absolute Gasteiger partial charge is 0.224 e. The number of amides is 1. The molecule has 1 aromatic rings. The van der Waals surface area contributed by atoms with Crippen LogP contribution in [0.25, 0.3) is 0 Å². The number of methoxy groups -OCH3 is 1. The molecule has 5 nitrogen and oxygen atoms in total. The minimum atomic E-state index is -1.07. The molecule has 1 N–H and O–H groups in total. The van der Waals surface area contributed by atoms with Crippen molar-refractivity contribution in [2.75, 3.05) is 7.11 Å². The summed E-state index contributed by atoms with van der Waals surface area (Å²) < 4.78 is 5.13. The Hall–Kier alpha value is -2.04.